The molecule has 9 nitrogen and oxygen atoms in total. The van der Waals surface area contributed by atoms with Crippen LogP contribution in [0.2, 0.25) is 0 Å². The summed E-state index contributed by atoms with van der Waals surface area (Å²) in [5.74, 6) is -2.00. The molecule has 1 unspecified atom stereocenters. The van der Waals surface area contributed by atoms with Crippen LogP contribution in [-0.2, 0) is 11.2 Å². The Morgan fingerprint density at radius 1 is 1.23 bits per heavy atom. The average molecular weight is 422 g/mol. The molecule has 2 N–H and O–H groups in total. The van der Waals surface area contributed by atoms with Crippen LogP contribution in [0.15, 0.2) is 58.3 Å². The van der Waals surface area contributed by atoms with Crippen LogP contribution in [-0.4, -0.2) is 32.0 Å². The van der Waals surface area contributed by atoms with Crippen LogP contribution in [0.4, 0.5) is 11.4 Å². The minimum absolute atomic E-state index is 0.112. The van der Waals surface area contributed by atoms with Crippen LogP contribution < -0.4 is 5.56 Å². The van der Waals surface area contributed by atoms with Crippen molar-refractivity contribution >= 4 is 23.6 Å². The summed E-state index contributed by atoms with van der Waals surface area (Å²) in [6.45, 7) is 3.71. The highest BCUT2D eigenvalue weighted by Crippen LogP contribution is 2.23. The Labute approximate surface area is 177 Å². The maximum absolute atomic E-state index is 13.1. The summed E-state index contributed by atoms with van der Waals surface area (Å²) in [4.78, 5) is 39.7. The number of H-pyrrole nitrogens is 1. The van der Waals surface area contributed by atoms with Crippen LogP contribution >= 0.6 is 0 Å². The number of carboxylic acid groups (broad SMARTS) is 1. The normalized spacial score (nSPS) is 12.2. The van der Waals surface area contributed by atoms with Crippen molar-refractivity contribution in [2.75, 3.05) is 0 Å². The number of aromatic amines is 1. The number of non-ortho nitro benzene ring substituents is 1. The van der Waals surface area contributed by atoms with Gasteiger partial charge in [-0.1, -0.05) is 32.0 Å². The van der Waals surface area contributed by atoms with Crippen molar-refractivity contribution in [2.24, 2.45) is 4.99 Å². The van der Waals surface area contributed by atoms with E-state index in [1.165, 1.54) is 35.2 Å². The number of carboxylic acids is 1. The van der Waals surface area contributed by atoms with Crippen molar-refractivity contribution in [2.45, 2.75) is 32.6 Å². The van der Waals surface area contributed by atoms with E-state index in [-0.39, 0.29) is 23.4 Å². The summed E-state index contributed by atoms with van der Waals surface area (Å²) in [6.07, 6.45) is 2.41. The highest BCUT2D eigenvalue weighted by molar-refractivity contribution is 5.87. The third-order valence-corrected chi connectivity index (χ3v) is 5.03. The first kappa shape index (κ1) is 21.7. The lowest BCUT2D eigenvalue weighted by atomic mass is 9.99. The zero-order chi connectivity index (χ0) is 22.5. The zero-order valence-electron chi connectivity index (χ0n) is 17.1. The first-order valence-electron chi connectivity index (χ1n) is 9.81. The van der Waals surface area contributed by atoms with Crippen LogP contribution in [0, 0.1) is 10.1 Å². The molecule has 0 aliphatic carbocycles. The van der Waals surface area contributed by atoms with Crippen molar-refractivity contribution in [1.29, 1.82) is 0 Å². The van der Waals surface area contributed by atoms with E-state index in [4.69, 9.17) is 0 Å². The molecule has 1 atom stereocenters. The predicted octanol–water partition coefficient (Wildman–Crippen LogP) is 3.97. The van der Waals surface area contributed by atoms with Gasteiger partial charge in [-0.05, 0) is 36.6 Å². The second kappa shape index (κ2) is 9.21. The molecular formula is C22H22N4O5. The van der Waals surface area contributed by atoms with Gasteiger partial charge >= 0.3 is 5.97 Å². The molecule has 0 saturated carbocycles. The first-order valence-corrected chi connectivity index (χ1v) is 9.81. The summed E-state index contributed by atoms with van der Waals surface area (Å²) in [6, 6.07) is 12.9. The van der Waals surface area contributed by atoms with Gasteiger partial charge in [-0.2, -0.15) is 0 Å². The van der Waals surface area contributed by atoms with E-state index in [0.29, 0.717) is 11.4 Å². The summed E-state index contributed by atoms with van der Waals surface area (Å²) in [5, 5.41) is 23.4. The fourth-order valence-corrected chi connectivity index (χ4v) is 3.33. The molecule has 3 rings (SSSR count). The van der Waals surface area contributed by atoms with Crippen LogP contribution in [0.5, 0.6) is 0 Å². The van der Waals surface area contributed by atoms with E-state index >= 15 is 0 Å². The molecule has 31 heavy (non-hydrogen) atoms. The number of aliphatic carboxylic acids is 1. The monoisotopic (exact) mass is 422 g/mol. The smallest absolute Gasteiger partial charge is 0.312 e. The molecule has 0 saturated heterocycles. The largest absolute Gasteiger partial charge is 0.481 e. The molecular weight excluding hydrogens is 400 g/mol. The van der Waals surface area contributed by atoms with Crippen molar-refractivity contribution in [1.82, 2.24) is 9.78 Å². The van der Waals surface area contributed by atoms with Gasteiger partial charge in [0.1, 0.15) is 0 Å². The van der Waals surface area contributed by atoms with Crippen LogP contribution in [0.3, 0.4) is 0 Å². The van der Waals surface area contributed by atoms with Crippen molar-refractivity contribution in [3.63, 3.8) is 0 Å². The molecule has 0 amide bonds. The SMILES string of the molecule is CCc1ccccc1N=Cc1c(C(CC)C(=O)O)[nH]n(-c2ccc([N+](=O)[O-])cc2)c1=O. The number of nitrogens with zero attached hydrogens (tertiary/aromatic N) is 3. The molecule has 0 aliphatic heterocycles. The third kappa shape index (κ3) is 4.45. The molecule has 1 aromatic heterocycles. The molecule has 1 heterocycles. The number of hydrogen-bond donors (Lipinski definition) is 2. The van der Waals surface area contributed by atoms with Crippen molar-refractivity contribution in [3.8, 4) is 5.69 Å². The van der Waals surface area contributed by atoms with Gasteiger partial charge < -0.3 is 5.11 Å². The fraction of sp³-hybridized carbons (Fsp3) is 0.227. The Bertz CT molecular complexity index is 1190. The number of nitrogens with one attached hydrogen (secondary N) is 1. The molecule has 0 aliphatic rings. The summed E-state index contributed by atoms with van der Waals surface area (Å²) >= 11 is 0. The van der Waals surface area contributed by atoms with E-state index in [0.717, 1.165) is 12.0 Å². The molecule has 0 radical (unpaired) electrons. The fourth-order valence-electron chi connectivity index (χ4n) is 3.33. The quantitative estimate of drug-likeness (QED) is 0.322. The van der Waals surface area contributed by atoms with Gasteiger partial charge in [-0.15, -0.1) is 0 Å². The van der Waals surface area contributed by atoms with E-state index < -0.39 is 22.4 Å². The van der Waals surface area contributed by atoms with Crippen molar-refractivity contribution in [3.05, 3.63) is 85.8 Å². The summed E-state index contributed by atoms with van der Waals surface area (Å²) in [7, 11) is 0. The number of aliphatic imine (C=N–C) groups is 1. The third-order valence-electron chi connectivity index (χ3n) is 5.03. The maximum Gasteiger partial charge on any atom is 0.312 e. The number of hydrogen-bond acceptors (Lipinski definition) is 5. The molecule has 160 valence electrons. The number of aromatic nitrogens is 2. The predicted molar refractivity (Wildman–Crippen MR) is 117 cm³/mol. The number of benzene rings is 2. The lowest BCUT2D eigenvalue weighted by Crippen LogP contribution is -2.17. The minimum Gasteiger partial charge on any atom is -0.481 e. The van der Waals surface area contributed by atoms with Gasteiger partial charge in [0.2, 0.25) is 0 Å². The molecule has 2 aromatic carbocycles. The Morgan fingerprint density at radius 3 is 2.48 bits per heavy atom. The number of nitro benzene ring substituents is 1. The standard InChI is InChI=1S/C22H22N4O5/c1-3-14-7-5-6-8-19(14)23-13-18-20(17(4-2)22(28)29)24-25(21(18)27)15-9-11-16(12-10-15)26(30)31/h5-13,17,24H,3-4H2,1-2H3,(H,28,29). The van der Waals surface area contributed by atoms with Gasteiger partial charge in [0.05, 0.1) is 33.5 Å². The van der Waals surface area contributed by atoms with Gasteiger partial charge in [0, 0.05) is 18.3 Å². The molecule has 9 heteroatoms. The van der Waals surface area contributed by atoms with Gasteiger partial charge in [-0.25, -0.2) is 4.68 Å². The number of nitro groups is 1. The Balaban J connectivity index is 2.14. The maximum atomic E-state index is 13.1. The number of para-hydroxylation sites is 1. The first-order chi connectivity index (χ1) is 14.9. The van der Waals surface area contributed by atoms with Gasteiger partial charge in [0.15, 0.2) is 0 Å². The van der Waals surface area contributed by atoms with Crippen LogP contribution in [0.25, 0.3) is 5.69 Å². The lowest BCUT2D eigenvalue weighted by molar-refractivity contribution is -0.384. The van der Waals surface area contributed by atoms with E-state index in [2.05, 4.69) is 10.1 Å². The Kier molecular flexibility index (Phi) is 6.44. The highest BCUT2D eigenvalue weighted by atomic mass is 16.6. The van der Waals surface area contributed by atoms with E-state index in [1.807, 2.05) is 31.2 Å². The van der Waals surface area contributed by atoms with Crippen molar-refractivity contribution < 1.29 is 14.8 Å². The number of carbonyl (C=O) groups is 1. The van der Waals surface area contributed by atoms with Crippen LogP contribution in [0.1, 0.15) is 43.0 Å². The Morgan fingerprint density at radius 2 is 1.90 bits per heavy atom. The summed E-state index contributed by atoms with van der Waals surface area (Å²) < 4.78 is 1.18. The molecule has 0 spiro atoms. The average Bonchev–Trinajstić information content (AvgIpc) is 3.08. The van der Waals surface area contributed by atoms with Gasteiger partial charge in [0.25, 0.3) is 11.2 Å². The second-order valence-corrected chi connectivity index (χ2v) is 6.89. The molecule has 3 aromatic rings. The van der Waals surface area contributed by atoms with E-state index in [1.54, 1.807) is 6.92 Å². The topological polar surface area (TPSA) is 131 Å². The van der Waals surface area contributed by atoms with E-state index in [9.17, 15) is 24.8 Å². The second-order valence-electron chi connectivity index (χ2n) is 6.89. The lowest BCUT2D eigenvalue weighted by Gasteiger charge is -2.08. The highest BCUT2D eigenvalue weighted by Gasteiger charge is 2.26. The molecule has 0 bridgehead atoms. The number of aryl methyl sites for hydroxylation is 1. The summed E-state index contributed by atoms with van der Waals surface area (Å²) in [5.41, 5.74) is 1.82. The molecule has 0 fully saturated rings. The number of rotatable bonds is 8. The zero-order valence-corrected chi connectivity index (χ0v) is 17.1. The minimum atomic E-state index is -1.07. The van der Waals surface area contributed by atoms with Gasteiger partial charge in [-0.3, -0.25) is 29.8 Å². The Hall–Kier alpha value is -4.01.